The first-order valence-electron chi connectivity index (χ1n) is 7.27. The summed E-state index contributed by atoms with van der Waals surface area (Å²) >= 11 is 1.11. The summed E-state index contributed by atoms with van der Waals surface area (Å²) < 4.78 is 32.0. The summed E-state index contributed by atoms with van der Waals surface area (Å²) in [4.78, 5) is 12.1. The zero-order chi connectivity index (χ0) is 16.9. The molecular weight excluding hydrogens is 336 g/mol. The summed E-state index contributed by atoms with van der Waals surface area (Å²) in [5, 5.41) is 4.48. The molecule has 0 fully saturated rings. The molecule has 2 aromatic rings. The summed E-state index contributed by atoms with van der Waals surface area (Å²) in [5.41, 5.74) is 0. The van der Waals surface area contributed by atoms with E-state index in [0.717, 1.165) is 17.1 Å². The van der Waals surface area contributed by atoms with Crippen molar-refractivity contribution in [3.63, 3.8) is 0 Å². The Kier molecular flexibility index (Phi) is 5.97. The van der Waals surface area contributed by atoms with E-state index in [1.54, 1.807) is 17.7 Å². The van der Waals surface area contributed by atoms with Crippen LogP contribution in [-0.4, -0.2) is 26.4 Å². The molecule has 2 heterocycles. The molecule has 2 rings (SSSR count). The summed E-state index contributed by atoms with van der Waals surface area (Å²) in [6, 6.07) is 5.94. The number of furan rings is 1. The van der Waals surface area contributed by atoms with Gasteiger partial charge in [0.15, 0.2) is 0 Å². The van der Waals surface area contributed by atoms with Crippen molar-refractivity contribution >= 4 is 27.3 Å². The number of carbonyl (C=O) groups excluding carboxylic acids is 1. The number of hydrogen-bond donors (Lipinski definition) is 2. The first-order chi connectivity index (χ1) is 10.9. The van der Waals surface area contributed by atoms with Gasteiger partial charge >= 0.3 is 0 Å². The van der Waals surface area contributed by atoms with Crippen LogP contribution in [0, 0.1) is 0 Å². The van der Waals surface area contributed by atoms with E-state index in [1.807, 2.05) is 19.1 Å². The molecule has 0 saturated heterocycles. The first kappa shape index (κ1) is 17.7. The Morgan fingerprint density at radius 3 is 2.70 bits per heavy atom. The standard InChI is InChI=1S/C15H20N2O4S2/c1-11(7-8-13-5-3-9-21-13)16-15(18)12(2)17-23(19,20)14-6-4-10-22-14/h3-6,9-12,17H,7-8H2,1-2H3,(H,16,18). The minimum absolute atomic E-state index is 0.0821. The van der Waals surface area contributed by atoms with Gasteiger partial charge in [-0.25, -0.2) is 8.42 Å². The van der Waals surface area contributed by atoms with Gasteiger partial charge < -0.3 is 9.73 Å². The maximum Gasteiger partial charge on any atom is 0.250 e. The molecule has 2 N–H and O–H groups in total. The van der Waals surface area contributed by atoms with E-state index in [9.17, 15) is 13.2 Å². The maximum absolute atomic E-state index is 12.1. The van der Waals surface area contributed by atoms with Crippen LogP contribution in [0.25, 0.3) is 0 Å². The molecule has 0 aliphatic carbocycles. The molecule has 2 unspecified atom stereocenters. The van der Waals surface area contributed by atoms with Crippen molar-refractivity contribution in [2.45, 2.75) is 43.0 Å². The van der Waals surface area contributed by atoms with Gasteiger partial charge in [-0.15, -0.1) is 11.3 Å². The van der Waals surface area contributed by atoms with Crippen molar-refractivity contribution in [3.8, 4) is 0 Å². The van der Waals surface area contributed by atoms with E-state index in [-0.39, 0.29) is 16.2 Å². The SMILES string of the molecule is CC(CCc1ccco1)NC(=O)C(C)NS(=O)(=O)c1cccs1. The Hall–Kier alpha value is -1.64. The molecular formula is C15H20N2O4S2. The molecule has 126 valence electrons. The van der Waals surface area contributed by atoms with Crippen LogP contribution < -0.4 is 10.0 Å². The molecule has 0 saturated carbocycles. The predicted molar refractivity (Wildman–Crippen MR) is 88.7 cm³/mol. The van der Waals surface area contributed by atoms with Crippen LogP contribution in [0.5, 0.6) is 0 Å². The molecule has 0 radical (unpaired) electrons. The highest BCUT2D eigenvalue weighted by atomic mass is 32.2. The quantitative estimate of drug-likeness (QED) is 0.758. The van der Waals surface area contributed by atoms with E-state index in [0.29, 0.717) is 12.8 Å². The van der Waals surface area contributed by atoms with Gasteiger partial charge in [-0.05, 0) is 43.8 Å². The maximum atomic E-state index is 12.1. The van der Waals surface area contributed by atoms with Gasteiger partial charge in [-0.2, -0.15) is 4.72 Å². The molecule has 2 atom stereocenters. The topological polar surface area (TPSA) is 88.4 Å². The highest BCUT2D eigenvalue weighted by Crippen LogP contribution is 2.15. The van der Waals surface area contributed by atoms with Gasteiger partial charge in [0.25, 0.3) is 10.0 Å². The Labute approximate surface area is 139 Å². The number of rotatable bonds is 8. The van der Waals surface area contributed by atoms with Crippen LogP contribution in [0.15, 0.2) is 44.5 Å². The molecule has 23 heavy (non-hydrogen) atoms. The fraction of sp³-hybridized carbons (Fsp3) is 0.400. The molecule has 0 spiro atoms. The second-order valence-corrected chi connectivity index (χ2v) is 8.19. The van der Waals surface area contributed by atoms with Gasteiger partial charge in [-0.1, -0.05) is 6.07 Å². The second-order valence-electron chi connectivity index (χ2n) is 5.30. The second kappa shape index (κ2) is 7.76. The lowest BCUT2D eigenvalue weighted by Gasteiger charge is -2.18. The van der Waals surface area contributed by atoms with E-state index >= 15 is 0 Å². The highest BCUT2D eigenvalue weighted by Gasteiger charge is 2.23. The van der Waals surface area contributed by atoms with Crippen molar-refractivity contribution in [1.82, 2.24) is 10.0 Å². The lowest BCUT2D eigenvalue weighted by atomic mass is 10.1. The smallest absolute Gasteiger partial charge is 0.250 e. The van der Waals surface area contributed by atoms with Gasteiger partial charge in [-0.3, -0.25) is 4.79 Å². The van der Waals surface area contributed by atoms with E-state index in [1.165, 1.54) is 13.0 Å². The lowest BCUT2D eigenvalue weighted by Crippen LogP contribution is -2.47. The van der Waals surface area contributed by atoms with Gasteiger partial charge in [0.1, 0.15) is 9.97 Å². The van der Waals surface area contributed by atoms with E-state index in [4.69, 9.17) is 4.42 Å². The minimum Gasteiger partial charge on any atom is -0.469 e. The normalized spacial score (nSPS) is 14.3. The average Bonchev–Trinajstić information content (AvgIpc) is 3.18. The van der Waals surface area contributed by atoms with Crippen molar-refractivity contribution in [2.24, 2.45) is 0 Å². The van der Waals surface area contributed by atoms with Crippen LogP contribution in [0.1, 0.15) is 26.0 Å². The Balaban J connectivity index is 1.82. The summed E-state index contributed by atoms with van der Waals surface area (Å²) in [5.74, 6) is 0.509. The minimum atomic E-state index is -3.65. The number of sulfonamides is 1. The third-order valence-corrected chi connectivity index (χ3v) is 6.22. The molecule has 1 amide bonds. The number of hydrogen-bond acceptors (Lipinski definition) is 5. The van der Waals surface area contributed by atoms with Crippen molar-refractivity contribution in [1.29, 1.82) is 0 Å². The molecule has 2 aromatic heterocycles. The van der Waals surface area contributed by atoms with Gasteiger partial charge in [0.2, 0.25) is 5.91 Å². The lowest BCUT2D eigenvalue weighted by molar-refractivity contribution is -0.123. The predicted octanol–water partition coefficient (Wildman–Crippen LogP) is 2.15. The van der Waals surface area contributed by atoms with Crippen LogP contribution in [0.4, 0.5) is 0 Å². The van der Waals surface area contributed by atoms with Crippen molar-refractivity contribution in [3.05, 3.63) is 41.7 Å². The number of amides is 1. The van der Waals surface area contributed by atoms with Crippen molar-refractivity contribution < 1.29 is 17.6 Å². The molecule has 0 aromatic carbocycles. The number of nitrogens with one attached hydrogen (secondary N) is 2. The Morgan fingerprint density at radius 2 is 2.09 bits per heavy atom. The van der Waals surface area contributed by atoms with Crippen LogP contribution in [0.3, 0.4) is 0 Å². The van der Waals surface area contributed by atoms with Crippen LogP contribution >= 0.6 is 11.3 Å². The molecule has 0 aliphatic heterocycles. The monoisotopic (exact) mass is 356 g/mol. The third kappa shape index (κ3) is 5.19. The molecule has 0 aliphatic rings. The Bertz CT molecular complexity index is 709. The molecule has 6 nitrogen and oxygen atoms in total. The number of carbonyl (C=O) groups is 1. The molecule has 8 heteroatoms. The van der Waals surface area contributed by atoms with Gasteiger partial charge in [0, 0.05) is 12.5 Å². The zero-order valence-electron chi connectivity index (χ0n) is 13.0. The van der Waals surface area contributed by atoms with E-state index < -0.39 is 16.1 Å². The largest absolute Gasteiger partial charge is 0.469 e. The highest BCUT2D eigenvalue weighted by molar-refractivity contribution is 7.91. The Morgan fingerprint density at radius 1 is 1.30 bits per heavy atom. The van der Waals surface area contributed by atoms with Crippen LogP contribution in [-0.2, 0) is 21.2 Å². The summed E-state index contributed by atoms with van der Waals surface area (Å²) in [7, 11) is -3.65. The molecule has 0 bridgehead atoms. The van der Waals surface area contributed by atoms with Gasteiger partial charge in [0.05, 0.1) is 12.3 Å². The third-order valence-electron chi connectivity index (χ3n) is 3.28. The average molecular weight is 356 g/mol. The van der Waals surface area contributed by atoms with Crippen molar-refractivity contribution in [2.75, 3.05) is 0 Å². The fourth-order valence-electron chi connectivity index (χ4n) is 2.01. The zero-order valence-corrected chi connectivity index (χ0v) is 14.6. The number of thiophene rings is 1. The summed E-state index contributed by atoms with van der Waals surface area (Å²) in [6.07, 6.45) is 3.04. The fourth-order valence-corrected chi connectivity index (χ4v) is 4.23. The van der Waals surface area contributed by atoms with Crippen LogP contribution in [0.2, 0.25) is 0 Å². The summed E-state index contributed by atoms with van der Waals surface area (Å²) in [6.45, 7) is 3.40. The number of aryl methyl sites for hydroxylation is 1. The first-order valence-corrected chi connectivity index (χ1v) is 9.63. The van der Waals surface area contributed by atoms with E-state index in [2.05, 4.69) is 10.0 Å².